The molecule has 0 fully saturated rings. The summed E-state index contributed by atoms with van der Waals surface area (Å²) in [6.07, 6.45) is 5.64. The highest BCUT2D eigenvalue weighted by molar-refractivity contribution is 7.73. The van der Waals surface area contributed by atoms with Gasteiger partial charge in [-0.05, 0) is 94.1 Å². The van der Waals surface area contributed by atoms with Crippen LogP contribution >= 0.6 is 15.8 Å². The van der Waals surface area contributed by atoms with Crippen LogP contribution in [-0.4, -0.2) is 41.8 Å². The topological polar surface area (TPSA) is 37.6 Å². The van der Waals surface area contributed by atoms with Gasteiger partial charge in [0.05, 0.1) is 22.8 Å². The second-order valence-corrected chi connectivity index (χ2v) is 16.5. The highest BCUT2D eigenvalue weighted by Crippen LogP contribution is 2.37. The van der Waals surface area contributed by atoms with Crippen LogP contribution in [0.5, 0.6) is 0 Å². The van der Waals surface area contributed by atoms with Crippen molar-refractivity contribution in [1.29, 1.82) is 0 Å². The number of rotatable bonds is 16. The zero-order chi connectivity index (χ0) is 32.7. The predicted octanol–water partition coefficient (Wildman–Crippen LogP) is 8.77. The quantitative estimate of drug-likeness (QED) is 0.0595. The van der Waals surface area contributed by atoms with Gasteiger partial charge in [-0.1, -0.05) is 141 Å². The van der Waals surface area contributed by atoms with Crippen molar-refractivity contribution in [3.05, 3.63) is 151 Å². The van der Waals surface area contributed by atoms with E-state index in [2.05, 4.69) is 160 Å². The number of hydrogen-bond donors (Lipinski definition) is 0. The molecule has 0 bridgehead atoms. The molecule has 5 heteroatoms. The number of benzene rings is 4. The van der Waals surface area contributed by atoms with Crippen LogP contribution in [0.15, 0.2) is 150 Å². The van der Waals surface area contributed by atoms with Gasteiger partial charge in [0.15, 0.2) is 0 Å². The van der Waals surface area contributed by atoms with Gasteiger partial charge in [-0.15, -0.1) is 0 Å². The molecular formula is C42H47N3P2. The van der Waals surface area contributed by atoms with Gasteiger partial charge in [-0.3, -0.25) is 9.98 Å². The van der Waals surface area contributed by atoms with Gasteiger partial charge in [0.2, 0.25) is 0 Å². The maximum absolute atomic E-state index is 5.13. The standard InChI is InChI=1S/C42H47N3P2/c1-4-19-36(33-47(39-24-13-7-14-25-39)40-26-15-8-16-27-40)32-44-35(3)42-29-17-28-41(45-42)34(2)43-30-18-31-46(37-20-9-5-10-21-37)38-22-11-6-12-23-38/h5-17,20-29,36H,4,18-19,30-33H2,1-3H3/b43-34+,44-35+. The molecule has 0 spiro atoms. The number of nitrogens with zero attached hydrogens (tertiary/aromatic N) is 3. The molecule has 3 nitrogen and oxygen atoms in total. The van der Waals surface area contributed by atoms with E-state index in [1.807, 2.05) is 0 Å². The Bertz CT molecular complexity index is 1610. The fourth-order valence-corrected chi connectivity index (χ4v) is 10.8. The maximum atomic E-state index is 5.13. The van der Waals surface area contributed by atoms with Gasteiger partial charge in [0, 0.05) is 13.1 Å². The van der Waals surface area contributed by atoms with Crippen LogP contribution in [0.1, 0.15) is 51.4 Å². The first kappa shape index (κ1) is 34.6. The van der Waals surface area contributed by atoms with Gasteiger partial charge >= 0.3 is 0 Å². The average molecular weight is 656 g/mol. The summed E-state index contributed by atoms with van der Waals surface area (Å²) in [5, 5.41) is 5.74. The summed E-state index contributed by atoms with van der Waals surface area (Å²) in [5.41, 5.74) is 3.87. The Balaban J connectivity index is 1.23. The third-order valence-electron chi connectivity index (χ3n) is 8.38. The first-order chi connectivity index (χ1) is 23.1. The molecule has 1 heterocycles. The summed E-state index contributed by atoms with van der Waals surface area (Å²) < 4.78 is 0. The van der Waals surface area contributed by atoms with E-state index in [-0.39, 0.29) is 0 Å². The van der Waals surface area contributed by atoms with Crippen LogP contribution in [0.25, 0.3) is 0 Å². The third kappa shape index (κ3) is 10.4. The van der Waals surface area contributed by atoms with Crippen LogP contribution in [0.2, 0.25) is 0 Å². The smallest absolute Gasteiger partial charge is 0.0845 e. The first-order valence-electron chi connectivity index (χ1n) is 16.9. The number of hydrogen-bond acceptors (Lipinski definition) is 3. The highest BCUT2D eigenvalue weighted by atomic mass is 31.1. The van der Waals surface area contributed by atoms with Crippen LogP contribution in [0.4, 0.5) is 0 Å². The molecule has 0 aliphatic rings. The van der Waals surface area contributed by atoms with Gasteiger partial charge in [0.25, 0.3) is 0 Å². The van der Waals surface area contributed by atoms with Crippen molar-refractivity contribution in [2.24, 2.45) is 15.9 Å². The molecule has 0 saturated carbocycles. The molecule has 0 amide bonds. The van der Waals surface area contributed by atoms with Crippen molar-refractivity contribution in [1.82, 2.24) is 4.98 Å². The first-order valence-corrected chi connectivity index (χ1v) is 19.9. The number of aliphatic imine (C=N–C) groups is 2. The minimum atomic E-state index is -0.439. The molecule has 0 aliphatic heterocycles. The lowest BCUT2D eigenvalue weighted by atomic mass is 10.1. The molecule has 47 heavy (non-hydrogen) atoms. The van der Waals surface area contributed by atoms with Crippen molar-refractivity contribution in [2.75, 3.05) is 25.4 Å². The summed E-state index contributed by atoms with van der Waals surface area (Å²) in [7, 11) is -0.833. The van der Waals surface area contributed by atoms with E-state index >= 15 is 0 Å². The Morgan fingerprint density at radius 2 is 1.02 bits per heavy atom. The molecule has 1 atom stereocenters. The van der Waals surface area contributed by atoms with Crippen LogP contribution in [0.3, 0.4) is 0 Å². The highest BCUT2D eigenvalue weighted by Gasteiger charge is 2.19. The zero-order valence-corrected chi connectivity index (χ0v) is 29.8. The summed E-state index contributed by atoms with van der Waals surface area (Å²) in [6.45, 7) is 8.10. The minimum absolute atomic E-state index is 0.395. The Labute approximate surface area is 284 Å². The summed E-state index contributed by atoms with van der Waals surface area (Å²) >= 11 is 0. The number of aromatic nitrogens is 1. The molecule has 240 valence electrons. The SMILES string of the molecule is CCCC(C/N=C(\C)c1cccc(/C(C)=N/CCCP(c2ccccc2)c2ccccc2)n1)CP(c1ccccc1)c1ccccc1. The van der Waals surface area contributed by atoms with E-state index < -0.39 is 15.8 Å². The van der Waals surface area contributed by atoms with Crippen LogP contribution in [0, 0.1) is 5.92 Å². The number of pyridine rings is 1. The van der Waals surface area contributed by atoms with Gasteiger partial charge < -0.3 is 0 Å². The lowest BCUT2D eigenvalue weighted by Gasteiger charge is -2.24. The second kappa shape index (κ2) is 18.5. The Morgan fingerprint density at radius 1 is 0.574 bits per heavy atom. The zero-order valence-electron chi connectivity index (χ0n) is 28.0. The van der Waals surface area contributed by atoms with E-state index in [1.165, 1.54) is 27.6 Å². The van der Waals surface area contributed by atoms with Gasteiger partial charge in [-0.25, -0.2) is 4.98 Å². The van der Waals surface area contributed by atoms with Crippen molar-refractivity contribution in [3.63, 3.8) is 0 Å². The summed E-state index contributed by atoms with van der Waals surface area (Å²) in [5.74, 6) is 0.519. The molecule has 4 aromatic carbocycles. The lowest BCUT2D eigenvalue weighted by Crippen LogP contribution is -2.20. The van der Waals surface area contributed by atoms with Gasteiger partial charge in [0.1, 0.15) is 0 Å². The minimum Gasteiger partial charge on any atom is -0.288 e. The van der Waals surface area contributed by atoms with Gasteiger partial charge in [-0.2, -0.15) is 0 Å². The Morgan fingerprint density at radius 3 is 1.49 bits per heavy atom. The molecule has 0 aliphatic carbocycles. The molecule has 1 unspecified atom stereocenters. The van der Waals surface area contributed by atoms with E-state index in [0.29, 0.717) is 5.92 Å². The molecule has 5 aromatic rings. The van der Waals surface area contributed by atoms with E-state index in [4.69, 9.17) is 15.0 Å². The normalized spacial score (nSPS) is 12.9. The molecule has 0 radical (unpaired) electrons. The molecule has 5 rings (SSSR count). The molecule has 1 aromatic heterocycles. The Kier molecular flexibility index (Phi) is 13.6. The maximum Gasteiger partial charge on any atom is 0.0845 e. The van der Waals surface area contributed by atoms with Crippen LogP contribution in [-0.2, 0) is 0 Å². The molecular weight excluding hydrogens is 608 g/mol. The van der Waals surface area contributed by atoms with Crippen molar-refractivity contribution in [2.45, 2.75) is 40.0 Å². The average Bonchev–Trinajstić information content (AvgIpc) is 3.14. The van der Waals surface area contributed by atoms with Crippen LogP contribution < -0.4 is 21.2 Å². The lowest BCUT2D eigenvalue weighted by molar-refractivity contribution is 0.544. The van der Waals surface area contributed by atoms with E-state index in [0.717, 1.165) is 61.1 Å². The monoisotopic (exact) mass is 655 g/mol. The van der Waals surface area contributed by atoms with Crippen molar-refractivity contribution < 1.29 is 0 Å². The summed E-state index contributed by atoms with van der Waals surface area (Å²) in [6, 6.07) is 50.2. The Hall–Kier alpha value is -3.77. The summed E-state index contributed by atoms with van der Waals surface area (Å²) in [4.78, 5) is 15.1. The largest absolute Gasteiger partial charge is 0.288 e. The fourth-order valence-electron chi connectivity index (χ4n) is 5.85. The fraction of sp³-hybridized carbons (Fsp3) is 0.262. The molecule has 0 N–H and O–H groups in total. The van der Waals surface area contributed by atoms with Crippen molar-refractivity contribution >= 4 is 48.5 Å². The van der Waals surface area contributed by atoms with E-state index in [1.54, 1.807) is 0 Å². The predicted molar refractivity (Wildman–Crippen MR) is 209 cm³/mol. The van der Waals surface area contributed by atoms with E-state index in [9.17, 15) is 0 Å². The molecule has 0 saturated heterocycles. The van der Waals surface area contributed by atoms with Crippen molar-refractivity contribution in [3.8, 4) is 0 Å². The third-order valence-corrected chi connectivity index (χ3v) is 13.7. The second-order valence-electron chi connectivity index (χ2n) is 11.9.